The van der Waals surface area contributed by atoms with Gasteiger partial charge in [-0.15, -0.1) is 0 Å². The van der Waals surface area contributed by atoms with E-state index in [-0.39, 0.29) is 0 Å². The average Bonchev–Trinajstić information content (AvgIpc) is 2.69. The number of allylic oxidation sites excluding steroid dienone is 2. The molecule has 2 nitrogen and oxygen atoms in total. The Morgan fingerprint density at radius 2 is 1.27 bits per heavy atom. The molecule has 26 heavy (non-hydrogen) atoms. The molecule has 0 bridgehead atoms. The zero-order chi connectivity index (χ0) is 18.0. The highest BCUT2D eigenvalue weighted by atomic mass is 16.5. The van der Waals surface area contributed by atoms with Crippen molar-refractivity contribution in [1.29, 1.82) is 0 Å². The highest BCUT2D eigenvalue weighted by Crippen LogP contribution is 2.37. The van der Waals surface area contributed by atoms with Crippen molar-refractivity contribution in [2.24, 2.45) is 0 Å². The van der Waals surface area contributed by atoms with Gasteiger partial charge in [0.25, 0.3) is 0 Å². The van der Waals surface area contributed by atoms with E-state index in [1.165, 1.54) is 6.08 Å². The fourth-order valence-electron chi connectivity index (χ4n) is 3.38. The summed E-state index contributed by atoms with van der Waals surface area (Å²) in [4.78, 5) is 0. The lowest BCUT2D eigenvalue weighted by atomic mass is 9.83. The summed E-state index contributed by atoms with van der Waals surface area (Å²) in [5, 5.41) is 20.8. The number of rotatable bonds is 3. The molecule has 0 fully saturated rings. The summed E-state index contributed by atoms with van der Waals surface area (Å²) in [6.45, 7) is 0. The largest absolute Gasteiger partial charge is 0.362 e. The van der Waals surface area contributed by atoms with Gasteiger partial charge in [0.15, 0.2) is 5.79 Å². The molecule has 1 aliphatic carbocycles. The van der Waals surface area contributed by atoms with Gasteiger partial charge >= 0.3 is 0 Å². The summed E-state index contributed by atoms with van der Waals surface area (Å²) < 4.78 is 0. The van der Waals surface area contributed by atoms with Gasteiger partial charge in [-0.05, 0) is 40.0 Å². The van der Waals surface area contributed by atoms with Gasteiger partial charge in [-0.25, -0.2) is 0 Å². The Bertz CT molecular complexity index is 954. The van der Waals surface area contributed by atoms with Gasteiger partial charge in [-0.2, -0.15) is 0 Å². The van der Waals surface area contributed by atoms with Crippen molar-refractivity contribution in [3.05, 3.63) is 114 Å². The van der Waals surface area contributed by atoms with E-state index in [2.05, 4.69) is 24.3 Å². The lowest BCUT2D eigenvalue weighted by Crippen LogP contribution is -2.34. The van der Waals surface area contributed by atoms with Crippen LogP contribution in [0.15, 0.2) is 103 Å². The van der Waals surface area contributed by atoms with E-state index >= 15 is 0 Å². The van der Waals surface area contributed by atoms with Crippen LogP contribution in [-0.4, -0.2) is 16.0 Å². The molecular formula is C24H20O2. The van der Waals surface area contributed by atoms with Crippen LogP contribution in [0.2, 0.25) is 0 Å². The van der Waals surface area contributed by atoms with Crippen LogP contribution < -0.4 is 0 Å². The molecule has 0 saturated heterocycles. The van der Waals surface area contributed by atoms with Crippen LogP contribution in [0.5, 0.6) is 0 Å². The molecule has 0 aliphatic heterocycles. The summed E-state index contributed by atoms with van der Waals surface area (Å²) in [6, 6.07) is 28.1. The molecule has 4 rings (SSSR count). The molecular weight excluding hydrogens is 320 g/mol. The van der Waals surface area contributed by atoms with Gasteiger partial charge in [0.2, 0.25) is 0 Å². The predicted molar refractivity (Wildman–Crippen MR) is 105 cm³/mol. The molecule has 0 radical (unpaired) electrons. The first kappa shape index (κ1) is 16.5. The minimum absolute atomic E-state index is 0.510. The van der Waals surface area contributed by atoms with Crippen LogP contribution in [0.4, 0.5) is 0 Å². The monoisotopic (exact) mass is 340 g/mol. The second kappa shape index (κ2) is 6.75. The van der Waals surface area contributed by atoms with E-state index in [1.807, 2.05) is 66.7 Å². The standard InChI is InChI=1S/C24H20O2/c25-24(26)15-14-22(17-23(24)19-10-5-2-6-11-19)21-13-7-12-20(16-21)18-8-3-1-4-9-18/h1-17,23,25-26H. The molecule has 0 spiro atoms. The van der Waals surface area contributed by atoms with Crippen molar-refractivity contribution >= 4 is 5.57 Å². The number of hydrogen-bond acceptors (Lipinski definition) is 2. The minimum atomic E-state index is -1.89. The van der Waals surface area contributed by atoms with Crippen LogP contribution in [0, 0.1) is 0 Å². The molecule has 1 unspecified atom stereocenters. The van der Waals surface area contributed by atoms with Crippen molar-refractivity contribution in [2.75, 3.05) is 0 Å². The van der Waals surface area contributed by atoms with E-state index in [4.69, 9.17) is 0 Å². The second-order valence-electron chi connectivity index (χ2n) is 6.57. The van der Waals surface area contributed by atoms with Crippen molar-refractivity contribution in [2.45, 2.75) is 11.7 Å². The SMILES string of the molecule is OC1(O)C=CC(c2cccc(-c3ccccc3)c2)=CC1c1ccccc1. The van der Waals surface area contributed by atoms with E-state index in [1.54, 1.807) is 6.08 Å². The van der Waals surface area contributed by atoms with Crippen LogP contribution in [-0.2, 0) is 0 Å². The Kier molecular flexibility index (Phi) is 4.29. The zero-order valence-corrected chi connectivity index (χ0v) is 14.3. The summed E-state index contributed by atoms with van der Waals surface area (Å²) in [5.41, 5.74) is 5.21. The molecule has 0 saturated carbocycles. The molecule has 2 N–H and O–H groups in total. The maximum Gasteiger partial charge on any atom is 0.193 e. The Hall–Kier alpha value is -2.94. The summed E-state index contributed by atoms with van der Waals surface area (Å²) >= 11 is 0. The lowest BCUT2D eigenvalue weighted by Gasteiger charge is -2.30. The molecule has 2 heteroatoms. The lowest BCUT2D eigenvalue weighted by molar-refractivity contribution is -0.128. The van der Waals surface area contributed by atoms with Gasteiger partial charge in [0, 0.05) is 0 Å². The van der Waals surface area contributed by atoms with Crippen LogP contribution in [0.3, 0.4) is 0 Å². The molecule has 128 valence electrons. The molecule has 3 aromatic rings. The predicted octanol–water partition coefficient (Wildman–Crippen LogP) is 4.77. The highest BCUT2D eigenvalue weighted by Gasteiger charge is 2.34. The third-order valence-corrected chi connectivity index (χ3v) is 4.77. The molecule has 0 aromatic heterocycles. The Labute approximate surface area is 153 Å². The van der Waals surface area contributed by atoms with Crippen molar-refractivity contribution in [3.63, 3.8) is 0 Å². The van der Waals surface area contributed by atoms with Crippen molar-refractivity contribution in [1.82, 2.24) is 0 Å². The fraction of sp³-hybridized carbons (Fsp3) is 0.0833. The molecule has 0 heterocycles. The maximum absolute atomic E-state index is 10.4. The Balaban J connectivity index is 1.74. The normalized spacial score (nSPS) is 18.4. The van der Waals surface area contributed by atoms with Gasteiger partial charge in [-0.3, -0.25) is 0 Å². The van der Waals surface area contributed by atoms with E-state index < -0.39 is 11.7 Å². The minimum Gasteiger partial charge on any atom is -0.362 e. The zero-order valence-electron chi connectivity index (χ0n) is 14.3. The van der Waals surface area contributed by atoms with Gasteiger partial charge in [0.05, 0.1) is 5.92 Å². The Morgan fingerprint density at radius 3 is 2.00 bits per heavy atom. The summed E-state index contributed by atoms with van der Waals surface area (Å²) in [5.74, 6) is -2.40. The third kappa shape index (κ3) is 3.25. The topological polar surface area (TPSA) is 40.5 Å². The third-order valence-electron chi connectivity index (χ3n) is 4.77. The average molecular weight is 340 g/mol. The first-order valence-corrected chi connectivity index (χ1v) is 8.70. The summed E-state index contributed by atoms with van der Waals surface area (Å²) in [6.07, 6.45) is 5.18. The number of aliphatic hydroxyl groups is 2. The van der Waals surface area contributed by atoms with Gasteiger partial charge in [-0.1, -0.05) is 91.0 Å². The second-order valence-corrected chi connectivity index (χ2v) is 6.57. The van der Waals surface area contributed by atoms with E-state index in [0.29, 0.717) is 0 Å². The van der Waals surface area contributed by atoms with Crippen LogP contribution in [0.1, 0.15) is 17.0 Å². The molecule has 0 amide bonds. The molecule has 3 aromatic carbocycles. The van der Waals surface area contributed by atoms with Crippen LogP contribution >= 0.6 is 0 Å². The Morgan fingerprint density at radius 1 is 0.654 bits per heavy atom. The smallest absolute Gasteiger partial charge is 0.193 e. The maximum atomic E-state index is 10.4. The first-order chi connectivity index (χ1) is 12.6. The summed E-state index contributed by atoms with van der Waals surface area (Å²) in [7, 11) is 0. The highest BCUT2D eigenvalue weighted by molar-refractivity contribution is 5.79. The molecule has 1 atom stereocenters. The van der Waals surface area contributed by atoms with Crippen LogP contribution in [0.25, 0.3) is 16.7 Å². The van der Waals surface area contributed by atoms with Gasteiger partial charge < -0.3 is 10.2 Å². The number of hydrogen-bond donors (Lipinski definition) is 2. The van der Waals surface area contributed by atoms with E-state index in [0.717, 1.165) is 27.8 Å². The first-order valence-electron chi connectivity index (χ1n) is 8.70. The van der Waals surface area contributed by atoms with E-state index in [9.17, 15) is 10.2 Å². The number of benzene rings is 3. The van der Waals surface area contributed by atoms with Gasteiger partial charge in [0.1, 0.15) is 0 Å². The van der Waals surface area contributed by atoms with Crippen molar-refractivity contribution in [3.8, 4) is 11.1 Å². The quantitative estimate of drug-likeness (QED) is 0.674. The fourth-order valence-corrected chi connectivity index (χ4v) is 3.38. The molecule has 1 aliphatic rings. The van der Waals surface area contributed by atoms with Crippen molar-refractivity contribution < 1.29 is 10.2 Å².